The summed E-state index contributed by atoms with van der Waals surface area (Å²) in [6.07, 6.45) is 0.0975. The van der Waals surface area contributed by atoms with Gasteiger partial charge in [0.05, 0.1) is 18.2 Å². The lowest BCUT2D eigenvalue weighted by molar-refractivity contribution is -0.180. The zero-order chi connectivity index (χ0) is 20.6. The predicted molar refractivity (Wildman–Crippen MR) is 104 cm³/mol. The van der Waals surface area contributed by atoms with Crippen LogP contribution in [0.5, 0.6) is 5.75 Å². The third-order valence-electron chi connectivity index (χ3n) is 6.04. The molecule has 2 heterocycles. The zero-order valence-corrected chi connectivity index (χ0v) is 16.4. The van der Waals surface area contributed by atoms with E-state index in [1.54, 1.807) is 22.9 Å². The molecule has 0 bridgehead atoms. The fourth-order valence-corrected chi connectivity index (χ4v) is 4.41. The number of methoxy groups -OCH3 is 1. The average Bonchev–Trinajstić information content (AvgIpc) is 2.76. The van der Waals surface area contributed by atoms with Crippen LogP contribution in [0.3, 0.4) is 0 Å². The number of amides is 2. The van der Waals surface area contributed by atoms with Gasteiger partial charge >= 0.3 is 0 Å². The second kappa shape index (κ2) is 7.48. The first-order valence-corrected chi connectivity index (χ1v) is 9.54. The third-order valence-corrected chi connectivity index (χ3v) is 6.04. The van der Waals surface area contributed by atoms with E-state index in [4.69, 9.17) is 9.47 Å². The van der Waals surface area contributed by atoms with Crippen LogP contribution in [-0.2, 0) is 15.1 Å². The molecule has 152 valence electrons. The third kappa shape index (κ3) is 3.06. The van der Waals surface area contributed by atoms with Crippen molar-refractivity contribution in [2.45, 2.75) is 18.1 Å². The number of benzene rings is 2. The van der Waals surface area contributed by atoms with E-state index >= 15 is 0 Å². The van der Waals surface area contributed by atoms with Crippen molar-refractivity contribution in [1.82, 2.24) is 9.80 Å². The number of carbonyl (C=O) groups is 2. The topological polar surface area (TPSA) is 59.1 Å². The number of ether oxygens (including phenoxy) is 2. The van der Waals surface area contributed by atoms with E-state index in [1.165, 1.54) is 19.2 Å². The van der Waals surface area contributed by atoms with Crippen molar-refractivity contribution < 1.29 is 23.5 Å². The van der Waals surface area contributed by atoms with Crippen LogP contribution in [0.25, 0.3) is 0 Å². The molecule has 2 aromatic rings. The van der Waals surface area contributed by atoms with E-state index in [1.807, 2.05) is 30.3 Å². The van der Waals surface area contributed by atoms with Crippen LogP contribution in [0, 0.1) is 5.82 Å². The summed E-state index contributed by atoms with van der Waals surface area (Å²) in [5.41, 5.74) is 0.289. The van der Waals surface area contributed by atoms with Gasteiger partial charge in [-0.15, -0.1) is 0 Å². The predicted octanol–water partition coefficient (Wildman–Crippen LogP) is 2.43. The minimum atomic E-state index is -0.670. The zero-order valence-electron chi connectivity index (χ0n) is 16.4. The van der Waals surface area contributed by atoms with Crippen LogP contribution < -0.4 is 4.74 Å². The highest BCUT2D eigenvalue weighted by atomic mass is 19.1. The summed E-state index contributed by atoms with van der Waals surface area (Å²) in [5, 5.41) is 0. The standard InChI is InChI=1S/C22H23FN2O4/c1-24-19(26)14-29-18-13-25(12-11-22(18,24)15-7-4-3-5-8-15)21(27)16-9-6-10-17(28-2)20(16)23/h3-10,18H,11-14H2,1-2H3/t18-,22+/m1/s1. The van der Waals surface area contributed by atoms with Crippen LogP contribution in [0.4, 0.5) is 4.39 Å². The van der Waals surface area contributed by atoms with E-state index in [9.17, 15) is 14.0 Å². The fourth-order valence-electron chi connectivity index (χ4n) is 4.41. The van der Waals surface area contributed by atoms with Crippen molar-refractivity contribution in [3.05, 3.63) is 65.5 Å². The lowest BCUT2D eigenvalue weighted by Crippen LogP contribution is -2.67. The summed E-state index contributed by atoms with van der Waals surface area (Å²) in [5.74, 6) is -1.14. The number of fused-ring (bicyclic) bond motifs is 1. The quantitative estimate of drug-likeness (QED) is 0.797. The maximum atomic E-state index is 14.6. The Morgan fingerprint density at radius 3 is 2.69 bits per heavy atom. The van der Waals surface area contributed by atoms with Crippen LogP contribution in [0.2, 0.25) is 0 Å². The maximum absolute atomic E-state index is 14.6. The number of hydrogen-bond donors (Lipinski definition) is 0. The van der Waals surface area contributed by atoms with Gasteiger partial charge in [0.2, 0.25) is 5.91 Å². The number of likely N-dealkylation sites (N-methyl/N-ethyl adjacent to an activating group) is 1. The number of carbonyl (C=O) groups excluding carboxylic acids is 2. The highest BCUT2D eigenvalue weighted by molar-refractivity contribution is 5.95. The van der Waals surface area contributed by atoms with E-state index in [0.717, 1.165) is 5.56 Å². The molecule has 7 heteroatoms. The molecule has 2 aliphatic rings. The number of morpholine rings is 1. The summed E-state index contributed by atoms with van der Waals surface area (Å²) < 4.78 is 25.5. The van der Waals surface area contributed by atoms with Crippen molar-refractivity contribution in [1.29, 1.82) is 0 Å². The number of likely N-dealkylation sites (tertiary alicyclic amines) is 1. The Morgan fingerprint density at radius 1 is 1.21 bits per heavy atom. The first-order valence-electron chi connectivity index (χ1n) is 9.54. The van der Waals surface area contributed by atoms with Crippen LogP contribution in [0.1, 0.15) is 22.3 Å². The Balaban J connectivity index is 1.66. The Hall–Kier alpha value is -2.93. The van der Waals surface area contributed by atoms with E-state index in [2.05, 4.69) is 0 Å². The van der Waals surface area contributed by atoms with Crippen LogP contribution >= 0.6 is 0 Å². The molecule has 2 aromatic carbocycles. The van der Waals surface area contributed by atoms with Gasteiger partial charge in [0.25, 0.3) is 5.91 Å². The first-order chi connectivity index (χ1) is 14.0. The summed E-state index contributed by atoms with van der Waals surface area (Å²) in [7, 11) is 3.15. The molecule has 2 fully saturated rings. The molecule has 0 N–H and O–H groups in total. The van der Waals surface area contributed by atoms with Gasteiger partial charge in [-0.25, -0.2) is 4.39 Å². The molecule has 4 rings (SSSR count). The van der Waals surface area contributed by atoms with E-state index in [-0.39, 0.29) is 30.4 Å². The Labute approximate surface area is 168 Å². The number of hydrogen-bond acceptors (Lipinski definition) is 4. The highest BCUT2D eigenvalue weighted by Gasteiger charge is 2.53. The van der Waals surface area contributed by atoms with Gasteiger partial charge in [-0.2, -0.15) is 0 Å². The van der Waals surface area contributed by atoms with Gasteiger partial charge in [-0.1, -0.05) is 36.4 Å². The number of piperidine rings is 1. The van der Waals surface area contributed by atoms with Gasteiger partial charge in [0, 0.05) is 20.1 Å². The molecular weight excluding hydrogens is 375 g/mol. The van der Waals surface area contributed by atoms with Crippen LogP contribution in [0.15, 0.2) is 48.5 Å². The van der Waals surface area contributed by atoms with Crippen molar-refractivity contribution in [2.75, 3.05) is 33.9 Å². The van der Waals surface area contributed by atoms with E-state index < -0.39 is 23.4 Å². The monoisotopic (exact) mass is 398 g/mol. The Morgan fingerprint density at radius 2 is 1.97 bits per heavy atom. The maximum Gasteiger partial charge on any atom is 0.257 e. The van der Waals surface area contributed by atoms with Gasteiger partial charge in [0.1, 0.15) is 12.7 Å². The first kappa shape index (κ1) is 19.4. The molecule has 2 aliphatic heterocycles. The molecule has 0 spiro atoms. The second-order valence-corrected chi connectivity index (χ2v) is 7.37. The highest BCUT2D eigenvalue weighted by Crippen LogP contribution is 2.42. The van der Waals surface area contributed by atoms with Crippen molar-refractivity contribution in [2.24, 2.45) is 0 Å². The molecule has 0 aromatic heterocycles. The number of halogens is 1. The van der Waals surface area contributed by atoms with Crippen LogP contribution in [-0.4, -0.2) is 61.6 Å². The second-order valence-electron chi connectivity index (χ2n) is 7.37. The van der Waals surface area contributed by atoms with Gasteiger partial charge in [-0.3, -0.25) is 9.59 Å². The number of rotatable bonds is 3. The molecule has 0 saturated carbocycles. The molecule has 2 atom stereocenters. The lowest BCUT2D eigenvalue weighted by atomic mass is 9.76. The SMILES string of the molecule is COc1cccc(C(=O)N2CC[C@]3(c4ccccc4)[C@@H](C2)OCC(=O)N3C)c1F. The largest absolute Gasteiger partial charge is 0.494 e. The Kier molecular flexibility index (Phi) is 5.00. The van der Waals surface area contributed by atoms with Gasteiger partial charge in [-0.05, 0) is 24.1 Å². The molecule has 6 nitrogen and oxygen atoms in total. The molecule has 0 aliphatic carbocycles. The Bertz CT molecular complexity index is 936. The van der Waals surface area contributed by atoms with Crippen molar-refractivity contribution in [3.8, 4) is 5.75 Å². The average molecular weight is 398 g/mol. The minimum absolute atomic E-state index is 0.0307. The smallest absolute Gasteiger partial charge is 0.257 e. The van der Waals surface area contributed by atoms with Crippen molar-refractivity contribution >= 4 is 11.8 Å². The van der Waals surface area contributed by atoms with Gasteiger partial charge < -0.3 is 19.3 Å². The summed E-state index contributed by atoms with van der Waals surface area (Å²) in [6, 6.07) is 14.3. The summed E-state index contributed by atoms with van der Waals surface area (Å²) >= 11 is 0. The lowest BCUT2D eigenvalue weighted by Gasteiger charge is -2.54. The van der Waals surface area contributed by atoms with E-state index in [0.29, 0.717) is 13.0 Å². The molecular formula is C22H23FN2O4. The molecule has 0 unspecified atom stereocenters. The van der Waals surface area contributed by atoms with Crippen molar-refractivity contribution in [3.63, 3.8) is 0 Å². The fraction of sp³-hybridized carbons (Fsp3) is 0.364. The number of nitrogens with zero attached hydrogens (tertiary/aromatic N) is 2. The normalized spacial score (nSPS) is 24.2. The molecule has 29 heavy (non-hydrogen) atoms. The summed E-state index contributed by atoms with van der Waals surface area (Å²) in [6.45, 7) is 0.606. The molecule has 2 amide bonds. The minimum Gasteiger partial charge on any atom is -0.494 e. The summed E-state index contributed by atoms with van der Waals surface area (Å²) in [4.78, 5) is 28.8. The molecule has 2 saturated heterocycles. The van der Waals surface area contributed by atoms with Gasteiger partial charge in [0.15, 0.2) is 11.6 Å². The molecule has 0 radical (unpaired) electrons.